The zero-order valence-corrected chi connectivity index (χ0v) is 18.5. The lowest BCUT2D eigenvalue weighted by Crippen LogP contribution is -2.48. The van der Waals surface area contributed by atoms with E-state index in [2.05, 4.69) is 25.5 Å². The van der Waals surface area contributed by atoms with Crippen molar-refractivity contribution in [2.45, 2.75) is 32.5 Å². The molecule has 9 heteroatoms. The molecule has 1 aliphatic heterocycles. The average Bonchev–Trinajstić information content (AvgIpc) is 3.11. The molecule has 158 valence electrons. The number of aromatic nitrogens is 1. The van der Waals surface area contributed by atoms with E-state index >= 15 is 0 Å². The Morgan fingerprint density at radius 3 is 2.97 bits per heavy atom. The molecule has 0 bridgehead atoms. The summed E-state index contributed by atoms with van der Waals surface area (Å²) < 4.78 is 20.4. The maximum Gasteiger partial charge on any atom is 0.191 e. The van der Waals surface area contributed by atoms with Crippen molar-refractivity contribution in [3.05, 3.63) is 50.7 Å². The first-order valence-electron chi connectivity index (χ1n) is 9.63. The van der Waals surface area contributed by atoms with Crippen LogP contribution in [-0.2, 0) is 11.3 Å². The van der Waals surface area contributed by atoms with E-state index in [9.17, 15) is 4.39 Å². The smallest absolute Gasteiger partial charge is 0.191 e. The number of thiazole rings is 1. The molecule has 0 spiro atoms. The number of benzene rings is 1. The Bertz CT molecular complexity index is 826. The molecule has 2 aromatic rings. The molecule has 1 fully saturated rings. The molecule has 1 aliphatic rings. The molecular formula is C20H27ClFN5OS. The van der Waals surface area contributed by atoms with Crippen LogP contribution in [0.15, 0.2) is 29.4 Å². The third-order valence-corrected chi connectivity index (χ3v) is 6.05. The fourth-order valence-corrected chi connectivity index (χ4v) is 4.44. The maximum absolute atomic E-state index is 14.7. The van der Waals surface area contributed by atoms with Crippen LogP contribution in [0.25, 0.3) is 0 Å². The number of aryl methyl sites for hydroxylation is 1. The summed E-state index contributed by atoms with van der Waals surface area (Å²) in [4.78, 5) is 12.0. The van der Waals surface area contributed by atoms with Gasteiger partial charge < -0.3 is 15.4 Å². The van der Waals surface area contributed by atoms with E-state index < -0.39 is 0 Å². The molecule has 6 nitrogen and oxygen atoms in total. The van der Waals surface area contributed by atoms with Gasteiger partial charge in [0, 0.05) is 48.3 Å². The van der Waals surface area contributed by atoms with Gasteiger partial charge in [-0.1, -0.05) is 17.7 Å². The Labute approximate surface area is 180 Å². The number of morpholine rings is 1. The third-order valence-electron chi connectivity index (χ3n) is 4.81. The predicted octanol–water partition coefficient (Wildman–Crippen LogP) is 3.37. The highest BCUT2D eigenvalue weighted by Gasteiger charge is 2.29. The number of aliphatic imine (C=N–C) groups is 1. The van der Waals surface area contributed by atoms with Crippen molar-refractivity contribution in [2.24, 2.45) is 4.99 Å². The molecule has 2 unspecified atom stereocenters. The van der Waals surface area contributed by atoms with E-state index in [4.69, 9.17) is 16.3 Å². The Kier molecular flexibility index (Phi) is 7.83. The summed E-state index contributed by atoms with van der Waals surface area (Å²) in [5, 5.41) is 8.00. The Balaban J connectivity index is 1.72. The van der Waals surface area contributed by atoms with E-state index in [1.807, 2.05) is 20.0 Å². The Morgan fingerprint density at radius 2 is 2.31 bits per heavy atom. The number of ether oxygens (including phenoxy) is 1. The minimum Gasteiger partial charge on any atom is -0.376 e. The van der Waals surface area contributed by atoms with Crippen molar-refractivity contribution in [3.8, 4) is 0 Å². The molecule has 3 rings (SSSR count). The van der Waals surface area contributed by atoms with Crippen molar-refractivity contribution >= 4 is 28.9 Å². The molecule has 0 amide bonds. The van der Waals surface area contributed by atoms with Crippen LogP contribution in [-0.4, -0.2) is 55.2 Å². The number of halogens is 2. The molecule has 2 atom stereocenters. The Hall–Kier alpha value is -1.74. The predicted molar refractivity (Wildman–Crippen MR) is 116 cm³/mol. The fraction of sp³-hybridized carbons (Fsp3) is 0.500. The molecule has 0 radical (unpaired) electrons. The standard InChI is InChI=1S/C20H27ClFN5OS/c1-13-12-27(7-8-28-13)17(19-15(21)5-4-6-16(19)22)10-25-20(23-3)26-11-18-24-9-14(2)29-18/h4-6,9,13,17H,7-8,10-12H2,1-3H3,(H2,23,25,26). The number of nitrogens with one attached hydrogen (secondary N) is 2. The summed E-state index contributed by atoms with van der Waals surface area (Å²) in [6.07, 6.45) is 1.94. The monoisotopic (exact) mass is 439 g/mol. The molecule has 0 saturated carbocycles. The summed E-state index contributed by atoms with van der Waals surface area (Å²) in [5.74, 6) is 0.335. The first kappa shape index (κ1) is 22.0. The zero-order valence-electron chi connectivity index (χ0n) is 16.9. The fourth-order valence-electron chi connectivity index (χ4n) is 3.43. The van der Waals surface area contributed by atoms with Crippen LogP contribution in [0.3, 0.4) is 0 Å². The van der Waals surface area contributed by atoms with Crippen LogP contribution in [0.2, 0.25) is 5.02 Å². The Morgan fingerprint density at radius 1 is 1.48 bits per heavy atom. The topological polar surface area (TPSA) is 61.8 Å². The second-order valence-corrected chi connectivity index (χ2v) is 8.73. The maximum atomic E-state index is 14.7. The van der Waals surface area contributed by atoms with Crippen molar-refractivity contribution in [3.63, 3.8) is 0 Å². The van der Waals surface area contributed by atoms with Crippen LogP contribution in [0.5, 0.6) is 0 Å². The van der Waals surface area contributed by atoms with Crippen LogP contribution in [0.4, 0.5) is 4.39 Å². The van der Waals surface area contributed by atoms with Gasteiger partial charge in [0.25, 0.3) is 0 Å². The lowest BCUT2D eigenvalue weighted by molar-refractivity contribution is -0.0343. The van der Waals surface area contributed by atoms with Gasteiger partial charge in [0.15, 0.2) is 5.96 Å². The minimum atomic E-state index is -0.301. The summed E-state index contributed by atoms with van der Waals surface area (Å²) in [6, 6.07) is 4.57. The van der Waals surface area contributed by atoms with Gasteiger partial charge in [-0.25, -0.2) is 9.37 Å². The van der Waals surface area contributed by atoms with Gasteiger partial charge in [0.2, 0.25) is 0 Å². The zero-order chi connectivity index (χ0) is 20.8. The van der Waals surface area contributed by atoms with Crippen molar-refractivity contribution in [2.75, 3.05) is 33.3 Å². The van der Waals surface area contributed by atoms with Gasteiger partial charge in [0.05, 0.1) is 25.3 Å². The van der Waals surface area contributed by atoms with Gasteiger partial charge >= 0.3 is 0 Å². The van der Waals surface area contributed by atoms with Crippen molar-refractivity contribution in [1.29, 1.82) is 0 Å². The molecule has 29 heavy (non-hydrogen) atoms. The molecule has 1 aromatic carbocycles. The van der Waals surface area contributed by atoms with Crippen molar-refractivity contribution < 1.29 is 9.13 Å². The molecular weight excluding hydrogens is 413 g/mol. The number of nitrogens with zero attached hydrogens (tertiary/aromatic N) is 3. The summed E-state index contributed by atoms with van der Waals surface area (Å²) >= 11 is 8.04. The number of hydrogen-bond acceptors (Lipinski definition) is 5. The number of rotatable bonds is 6. The van der Waals surface area contributed by atoms with Gasteiger partial charge in [0.1, 0.15) is 10.8 Å². The van der Waals surface area contributed by atoms with E-state index in [-0.39, 0.29) is 18.0 Å². The van der Waals surface area contributed by atoms with Crippen LogP contribution >= 0.6 is 22.9 Å². The highest BCUT2D eigenvalue weighted by atomic mass is 35.5. The second-order valence-electron chi connectivity index (χ2n) is 7.00. The lowest BCUT2D eigenvalue weighted by atomic mass is 10.0. The molecule has 1 saturated heterocycles. The van der Waals surface area contributed by atoms with E-state index in [0.717, 1.165) is 5.01 Å². The van der Waals surface area contributed by atoms with Crippen LogP contribution in [0.1, 0.15) is 28.4 Å². The van der Waals surface area contributed by atoms with Gasteiger partial charge in [-0.2, -0.15) is 0 Å². The van der Waals surface area contributed by atoms with E-state index in [1.165, 1.54) is 10.9 Å². The normalized spacial score (nSPS) is 19.2. The molecule has 2 N–H and O–H groups in total. The largest absolute Gasteiger partial charge is 0.376 e. The van der Waals surface area contributed by atoms with Crippen LogP contribution in [0, 0.1) is 12.7 Å². The van der Waals surface area contributed by atoms with E-state index in [1.54, 1.807) is 30.5 Å². The quantitative estimate of drug-likeness (QED) is 0.533. The minimum absolute atomic E-state index is 0.0855. The first-order chi connectivity index (χ1) is 14.0. The third kappa shape index (κ3) is 5.88. The van der Waals surface area contributed by atoms with Gasteiger partial charge in [-0.05, 0) is 26.0 Å². The number of hydrogen-bond donors (Lipinski definition) is 2. The summed E-state index contributed by atoms with van der Waals surface area (Å²) in [5.41, 5.74) is 0.502. The van der Waals surface area contributed by atoms with Gasteiger partial charge in [-0.3, -0.25) is 9.89 Å². The summed E-state index contributed by atoms with van der Waals surface area (Å²) in [7, 11) is 1.71. The highest BCUT2D eigenvalue weighted by Crippen LogP contribution is 2.31. The second kappa shape index (κ2) is 10.3. The molecule has 0 aliphatic carbocycles. The van der Waals surface area contributed by atoms with Crippen molar-refractivity contribution in [1.82, 2.24) is 20.5 Å². The summed E-state index contributed by atoms with van der Waals surface area (Å²) in [6.45, 7) is 7.13. The molecule has 1 aromatic heterocycles. The molecule has 2 heterocycles. The highest BCUT2D eigenvalue weighted by molar-refractivity contribution is 7.11. The van der Waals surface area contributed by atoms with E-state index in [0.29, 0.717) is 49.3 Å². The van der Waals surface area contributed by atoms with Gasteiger partial charge in [-0.15, -0.1) is 11.3 Å². The lowest BCUT2D eigenvalue weighted by Gasteiger charge is -2.38. The first-order valence-corrected chi connectivity index (χ1v) is 10.8. The SMILES string of the molecule is CN=C(NCc1ncc(C)s1)NCC(c1c(F)cccc1Cl)N1CCOC(C)C1. The number of guanidine groups is 1. The van der Waals surface area contributed by atoms with Crippen LogP contribution < -0.4 is 10.6 Å². The average molecular weight is 440 g/mol.